The number of nitrogens with zero attached hydrogens (tertiary/aromatic N) is 2. The van der Waals surface area contributed by atoms with Gasteiger partial charge in [-0.1, -0.05) is 48.6 Å². The van der Waals surface area contributed by atoms with Crippen molar-refractivity contribution < 1.29 is 5.11 Å². The minimum Gasteiger partial charge on any atom is -0.395 e. The zero-order valence-corrected chi connectivity index (χ0v) is 12.6. The van der Waals surface area contributed by atoms with Crippen LogP contribution in [0.25, 0.3) is 0 Å². The molecule has 0 atom stereocenters. The van der Waals surface area contributed by atoms with Crippen molar-refractivity contribution in [1.29, 1.82) is 0 Å². The second kappa shape index (κ2) is 7.83. The van der Waals surface area contributed by atoms with Crippen molar-refractivity contribution in [1.82, 2.24) is 9.88 Å². The normalized spacial score (nSPS) is 10.8. The Morgan fingerprint density at radius 2 is 1.90 bits per heavy atom. The Morgan fingerprint density at radius 3 is 2.57 bits per heavy atom. The first-order valence-electron chi connectivity index (χ1n) is 6.81. The van der Waals surface area contributed by atoms with Gasteiger partial charge in [0, 0.05) is 25.8 Å². The van der Waals surface area contributed by atoms with Crippen molar-refractivity contribution in [3.63, 3.8) is 0 Å². The number of aliphatic hydroxyl groups excluding tert-OH is 1. The number of rotatable bonds is 7. The molecule has 1 heterocycles. The fourth-order valence-electron chi connectivity index (χ4n) is 2.23. The third-order valence-electron chi connectivity index (χ3n) is 3.18. The van der Waals surface area contributed by atoms with E-state index in [9.17, 15) is 5.11 Å². The first-order valence-corrected chi connectivity index (χ1v) is 7.22. The smallest absolute Gasteiger partial charge is 0.123 e. The molecule has 0 bridgehead atoms. The number of aromatic nitrogens is 1. The molecule has 0 aliphatic rings. The first kappa shape index (κ1) is 15.6. The van der Waals surface area contributed by atoms with E-state index in [1.54, 1.807) is 6.20 Å². The maximum atomic E-state index is 9.26. The van der Waals surface area contributed by atoms with Crippen LogP contribution < -0.4 is 5.73 Å². The Hall–Kier alpha value is -1.82. The lowest BCUT2D eigenvalue weighted by atomic mass is 10.1. The molecular weight excluding hydrogens is 282 g/mol. The van der Waals surface area contributed by atoms with Crippen molar-refractivity contribution >= 4 is 17.2 Å². The number of thiocarbonyl (C=S) groups is 1. The summed E-state index contributed by atoms with van der Waals surface area (Å²) in [7, 11) is 0. The topological polar surface area (TPSA) is 62.4 Å². The van der Waals surface area contributed by atoms with Gasteiger partial charge in [0.25, 0.3) is 0 Å². The molecule has 0 saturated heterocycles. The van der Waals surface area contributed by atoms with Gasteiger partial charge in [-0.2, -0.15) is 0 Å². The lowest BCUT2D eigenvalue weighted by Gasteiger charge is -2.22. The largest absolute Gasteiger partial charge is 0.395 e. The lowest BCUT2D eigenvalue weighted by molar-refractivity contribution is 0.184. The SMILES string of the molecule is NC(=S)c1ncccc1CN(CCO)Cc1ccccc1. The second-order valence-electron chi connectivity index (χ2n) is 4.80. The quantitative estimate of drug-likeness (QED) is 0.762. The van der Waals surface area contributed by atoms with Crippen molar-refractivity contribution in [3.8, 4) is 0 Å². The molecule has 1 aromatic heterocycles. The van der Waals surface area contributed by atoms with Crippen LogP contribution in [-0.2, 0) is 13.1 Å². The summed E-state index contributed by atoms with van der Waals surface area (Å²) < 4.78 is 0. The van der Waals surface area contributed by atoms with Gasteiger partial charge in [-0.25, -0.2) is 0 Å². The molecule has 2 rings (SSSR count). The number of pyridine rings is 1. The van der Waals surface area contributed by atoms with E-state index in [2.05, 4.69) is 22.0 Å². The Balaban J connectivity index is 2.15. The van der Waals surface area contributed by atoms with Crippen LogP contribution in [-0.4, -0.2) is 33.1 Å². The Kier molecular flexibility index (Phi) is 5.80. The molecule has 0 fully saturated rings. The molecule has 0 spiro atoms. The van der Waals surface area contributed by atoms with Crippen LogP contribution in [0, 0.1) is 0 Å². The summed E-state index contributed by atoms with van der Waals surface area (Å²) in [6, 6.07) is 14.0. The highest BCUT2D eigenvalue weighted by Gasteiger charge is 2.11. The third-order valence-corrected chi connectivity index (χ3v) is 3.38. The minimum absolute atomic E-state index is 0.107. The predicted molar refractivity (Wildman–Crippen MR) is 87.8 cm³/mol. The zero-order chi connectivity index (χ0) is 15.1. The molecule has 0 unspecified atom stereocenters. The van der Waals surface area contributed by atoms with Gasteiger partial charge in [0.1, 0.15) is 10.7 Å². The van der Waals surface area contributed by atoms with Crippen LogP contribution in [0.5, 0.6) is 0 Å². The Labute approximate surface area is 130 Å². The van der Waals surface area contributed by atoms with E-state index in [1.807, 2.05) is 30.3 Å². The van der Waals surface area contributed by atoms with Crippen molar-refractivity contribution in [2.24, 2.45) is 5.73 Å². The summed E-state index contributed by atoms with van der Waals surface area (Å²) >= 11 is 5.04. The van der Waals surface area contributed by atoms with Gasteiger partial charge >= 0.3 is 0 Å². The number of hydrogen-bond acceptors (Lipinski definition) is 4. The lowest BCUT2D eigenvalue weighted by Crippen LogP contribution is -2.27. The summed E-state index contributed by atoms with van der Waals surface area (Å²) in [5.41, 5.74) is 8.56. The van der Waals surface area contributed by atoms with E-state index in [4.69, 9.17) is 18.0 Å². The predicted octanol–water partition coefficient (Wildman–Crippen LogP) is 1.71. The van der Waals surface area contributed by atoms with Gasteiger partial charge < -0.3 is 10.8 Å². The van der Waals surface area contributed by atoms with Gasteiger partial charge in [0.2, 0.25) is 0 Å². The maximum absolute atomic E-state index is 9.26. The molecule has 21 heavy (non-hydrogen) atoms. The van der Waals surface area contributed by atoms with Gasteiger partial charge in [-0.15, -0.1) is 0 Å². The van der Waals surface area contributed by atoms with Crippen LogP contribution in [0.2, 0.25) is 0 Å². The van der Waals surface area contributed by atoms with Crippen LogP contribution in [0.15, 0.2) is 48.7 Å². The summed E-state index contributed by atoms with van der Waals surface area (Å²) in [5.74, 6) is 0. The number of benzene rings is 1. The van der Waals surface area contributed by atoms with Crippen LogP contribution in [0.3, 0.4) is 0 Å². The molecule has 110 valence electrons. The third kappa shape index (κ3) is 4.60. The van der Waals surface area contributed by atoms with Crippen molar-refractivity contribution in [2.45, 2.75) is 13.1 Å². The summed E-state index contributed by atoms with van der Waals surface area (Å²) in [6.45, 7) is 2.10. The van der Waals surface area contributed by atoms with Gasteiger partial charge in [-0.3, -0.25) is 9.88 Å². The number of hydrogen-bond donors (Lipinski definition) is 2. The highest BCUT2D eigenvalue weighted by molar-refractivity contribution is 7.80. The first-order chi connectivity index (χ1) is 10.2. The monoisotopic (exact) mass is 301 g/mol. The summed E-state index contributed by atoms with van der Waals surface area (Å²) in [5, 5.41) is 9.26. The molecule has 0 aliphatic heterocycles. The van der Waals surface area contributed by atoms with E-state index in [-0.39, 0.29) is 6.61 Å². The van der Waals surface area contributed by atoms with Crippen LogP contribution in [0.1, 0.15) is 16.8 Å². The van der Waals surface area contributed by atoms with Crippen LogP contribution >= 0.6 is 12.2 Å². The van der Waals surface area contributed by atoms with Crippen molar-refractivity contribution in [2.75, 3.05) is 13.2 Å². The molecule has 1 aromatic carbocycles. The van der Waals surface area contributed by atoms with E-state index < -0.39 is 0 Å². The Morgan fingerprint density at radius 1 is 1.14 bits per heavy atom. The molecule has 0 radical (unpaired) electrons. The van der Waals surface area contributed by atoms with E-state index in [0.717, 1.165) is 12.1 Å². The standard InChI is InChI=1S/C16H19N3OS/c17-16(21)15-14(7-4-8-18-15)12-19(9-10-20)11-13-5-2-1-3-6-13/h1-8,20H,9-12H2,(H2,17,21). The zero-order valence-electron chi connectivity index (χ0n) is 11.8. The molecule has 0 aliphatic carbocycles. The molecule has 3 N–H and O–H groups in total. The van der Waals surface area contributed by atoms with E-state index in [1.165, 1.54) is 5.56 Å². The van der Waals surface area contributed by atoms with E-state index >= 15 is 0 Å². The summed E-state index contributed by atoms with van der Waals surface area (Å²) in [4.78, 5) is 6.69. The number of nitrogens with two attached hydrogens (primary N) is 1. The van der Waals surface area contributed by atoms with Crippen molar-refractivity contribution in [3.05, 3.63) is 65.5 Å². The van der Waals surface area contributed by atoms with Gasteiger partial charge in [0.15, 0.2) is 0 Å². The molecular formula is C16H19N3OS. The fourth-order valence-corrected chi connectivity index (χ4v) is 2.41. The van der Waals surface area contributed by atoms with Gasteiger partial charge in [0.05, 0.1) is 6.61 Å². The molecule has 5 heteroatoms. The molecule has 2 aromatic rings. The average molecular weight is 301 g/mol. The fraction of sp³-hybridized carbons (Fsp3) is 0.250. The minimum atomic E-state index is 0.107. The van der Waals surface area contributed by atoms with Crippen LogP contribution in [0.4, 0.5) is 0 Å². The Bertz CT molecular complexity index is 589. The summed E-state index contributed by atoms with van der Waals surface area (Å²) in [6.07, 6.45) is 1.69. The maximum Gasteiger partial charge on any atom is 0.123 e. The highest BCUT2D eigenvalue weighted by Crippen LogP contribution is 2.12. The second-order valence-corrected chi connectivity index (χ2v) is 5.24. The molecule has 0 amide bonds. The van der Waals surface area contributed by atoms with E-state index in [0.29, 0.717) is 23.8 Å². The molecule has 0 saturated carbocycles. The highest BCUT2D eigenvalue weighted by atomic mass is 32.1. The molecule has 4 nitrogen and oxygen atoms in total. The van der Waals surface area contributed by atoms with Gasteiger partial charge in [-0.05, 0) is 17.2 Å². The number of aliphatic hydroxyl groups is 1. The average Bonchev–Trinajstić information content (AvgIpc) is 2.49.